The van der Waals surface area contributed by atoms with Crippen molar-refractivity contribution >= 4 is 12.0 Å². The van der Waals surface area contributed by atoms with Crippen molar-refractivity contribution in [3.05, 3.63) is 51.9 Å². The lowest BCUT2D eigenvalue weighted by Crippen LogP contribution is -2.21. The fourth-order valence-electron chi connectivity index (χ4n) is 1.43. The lowest BCUT2D eigenvalue weighted by molar-refractivity contribution is 0.0827. The molecular formula is C13H16N4O. The van der Waals surface area contributed by atoms with Gasteiger partial charge in [-0.25, -0.2) is 0 Å². The number of rotatable bonds is 5. The van der Waals surface area contributed by atoms with Crippen LogP contribution in [0.3, 0.4) is 0 Å². The number of carbonyl (C=O) groups excluding carboxylic acids is 1. The Morgan fingerprint density at radius 2 is 2.28 bits per heavy atom. The first-order chi connectivity index (χ1) is 8.65. The zero-order valence-electron chi connectivity index (χ0n) is 10.6. The summed E-state index contributed by atoms with van der Waals surface area (Å²) in [6.07, 6.45) is 4.53. The molecule has 5 heteroatoms. The van der Waals surface area contributed by atoms with E-state index < -0.39 is 0 Å². The average Bonchev–Trinajstić information content (AvgIpc) is 2.38. The lowest BCUT2D eigenvalue weighted by Gasteiger charge is -2.10. The molecule has 0 unspecified atom stereocenters. The van der Waals surface area contributed by atoms with Crippen LogP contribution in [-0.2, 0) is 0 Å². The second-order valence-corrected chi connectivity index (χ2v) is 3.97. The van der Waals surface area contributed by atoms with E-state index in [0.29, 0.717) is 18.5 Å². The maximum atomic E-state index is 11.8. The predicted octanol–water partition coefficient (Wildman–Crippen LogP) is 3.10. The van der Waals surface area contributed by atoms with Gasteiger partial charge in [-0.05, 0) is 29.6 Å². The zero-order chi connectivity index (χ0) is 13.4. The van der Waals surface area contributed by atoms with Gasteiger partial charge in [0, 0.05) is 31.1 Å². The molecular weight excluding hydrogens is 228 g/mol. The van der Waals surface area contributed by atoms with E-state index >= 15 is 0 Å². The summed E-state index contributed by atoms with van der Waals surface area (Å²) in [5.74, 6) is -0.0145. The van der Waals surface area contributed by atoms with Crippen molar-refractivity contribution in [2.45, 2.75) is 6.42 Å². The van der Waals surface area contributed by atoms with E-state index in [1.54, 1.807) is 25.1 Å². The van der Waals surface area contributed by atoms with Crippen LogP contribution in [0.2, 0.25) is 0 Å². The zero-order valence-corrected chi connectivity index (χ0v) is 10.6. The SMILES string of the molecule is CN(C)C(=O)c1cccc(C=CCCN=[N+]=[N-])c1. The van der Waals surface area contributed by atoms with Gasteiger partial charge in [0.25, 0.3) is 5.91 Å². The van der Waals surface area contributed by atoms with Crippen LogP contribution in [0.15, 0.2) is 35.5 Å². The monoisotopic (exact) mass is 244 g/mol. The van der Waals surface area contributed by atoms with E-state index in [1.807, 2.05) is 30.4 Å². The molecule has 0 aromatic heterocycles. The Morgan fingerprint density at radius 1 is 1.50 bits per heavy atom. The highest BCUT2D eigenvalue weighted by atomic mass is 16.2. The van der Waals surface area contributed by atoms with E-state index in [1.165, 1.54) is 0 Å². The Morgan fingerprint density at radius 3 is 2.94 bits per heavy atom. The minimum atomic E-state index is -0.0145. The highest BCUT2D eigenvalue weighted by molar-refractivity contribution is 5.94. The maximum Gasteiger partial charge on any atom is 0.253 e. The van der Waals surface area contributed by atoms with E-state index in [2.05, 4.69) is 10.0 Å². The molecule has 0 heterocycles. The Hall–Kier alpha value is -2.26. The summed E-state index contributed by atoms with van der Waals surface area (Å²) >= 11 is 0. The van der Waals surface area contributed by atoms with Crippen LogP contribution in [0.1, 0.15) is 22.3 Å². The lowest BCUT2D eigenvalue weighted by atomic mass is 10.1. The third-order valence-electron chi connectivity index (χ3n) is 2.31. The fraction of sp³-hybridized carbons (Fsp3) is 0.308. The average molecular weight is 244 g/mol. The summed E-state index contributed by atoms with van der Waals surface area (Å²) in [4.78, 5) is 16.0. The Bertz CT molecular complexity index is 488. The van der Waals surface area contributed by atoms with Gasteiger partial charge in [-0.3, -0.25) is 4.79 Å². The smallest absolute Gasteiger partial charge is 0.253 e. The normalized spacial score (nSPS) is 10.1. The first-order valence-corrected chi connectivity index (χ1v) is 5.64. The number of hydrogen-bond donors (Lipinski definition) is 0. The van der Waals surface area contributed by atoms with Gasteiger partial charge in [0.15, 0.2) is 0 Å². The quantitative estimate of drug-likeness (QED) is 0.339. The van der Waals surface area contributed by atoms with Crippen molar-refractivity contribution in [3.8, 4) is 0 Å². The molecule has 0 aliphatic rings. The van der Waals surface area contributed by atoms with Crippen molar-refractivity contribution in [1.82, 2.24) is 4.90 Å². The number of amides is 1. The first kappa shape index (κ1) is 13.8. The van der Waals surface area contributed by atoms with Crippen molar-refractivity contribution in [2.24, 2.45) is 5.11 Å². The van der Waals surface area contributed by atoms with Gasteiger partial charge >= 0.3 is 0 Å². The highest BCUT2D eigenvalue weighted by Crippen LogP contribution is 2.09. The summed E-state index contributed by atoms with van der Waals surface area (Å²) in [6, 6.07) is 7.41. The summed E-state index contributed by atoms with van der Waals surface area (Å²) in [5, 5.41) is 3.44. The Balaban J connectivity index is 2.70. The largest absolute Gasteiger partial charge is 0.345 e. The van der Waals surface area contributed by atoms with Crippen LogP contribution in [-0.4, -0.2) is 31.4 Å². The van der Waals surface area contributed by atoms with Crippen LogP contribution in [0.25, 0.3) is 16.5 Å². The highest BCUT2D eigenvalue weighted by Gasteiger charge is 2.06. The van der Waals surface area contributed by atoms with Crippen LogP contribution in [0.4, 0.5) is 0 Å². The van der Waals surface area contributed by atoms with E-state index in [-0.39, 0.29) is 5.91 Å². The number of hydrogen-bond acceptors (Lipinski definition) is 2. The molecule has 1 rings (SSSR count). The van der Waals surface area contributed by atoms with Crippen LogP contribution >= 0.6 is 0 Å². The van der Waals surface area contributed by atoms with Crippen molar-refractivity contribution < 1.29 is 4.79 Å². The second-order valence-electron chi connectivity index (χ2n) is 3.97. The minimum absolute atomic E-state index is 0.0145. The van der Waals surface area contributed by atoms with Gasteiger partial charge in [0.2, 0.25) is 0 Å². The minimum Gasteiger partial charge on any atom is -0.345 e. The molecule has 0 bridgehead atoms. The van der Waals surface area contributed by atoms with E-state index in [4.69, 9.17) is 5.53 Å². The van der Waals surface area contributed by atoms with Gasteiger partial charge in [-0.2, -0.15) is 0 Å². The Labute approximate surface area is 106 Å². The molecule has 1 aromatic rings. The number of benzene rings is 1. The molecule has 0 spiro atoms. The number of azide groups is 1. The van der Waals surface area contributed by atoms with Crippen LogP contribution in [0, 0.1) is 0 Å². The molecule has 0 saturated carbocycles. The predicted molar refractivity (Wildman–Crippen MR) is 72.1 cm³/mol. The molecule has 0 saturated heterocycles. The number of nitrogens with zero attached hydrogens (tertiary/aromatic N) is 4. The molecule has 0 N–H and O–H groups in total. The summed E-state index contributed by atoms with van der Waals surface area (Å²) in [5.41, 5.74) is 9.75. The summed E-state index contributed by atoms with van der Waals surface area (Å²) in [6.45, 7) is 0.448. The van der Waals surface area contributed by atoms with Gasteiger partial charge in [-0.1, -0.05) is 29.4 Å². The van der Waals surface area contributed by atoms with Gasteiger partial charge in [0.1, 0.15) is 0 Å². The molecule has 0 aliphatic carbocycles. The van der Waals surface area contributed by atoms with Gasteiger partial charge in [-0.15, -0.1) is 0 Å². The molecule has 94 valence electrons. The van der Waals surface area contributed by atoms with Crippen molar-refractivity contribution in [3.63, 3.8) is 0 Å². The maximum absolute atomic E-state index is 11.8. The van der Waals surface area contributed by atoms with Crippen LogP contribution in [0.5, 0.6) is 0 Å². The molecule has 1 aromatic carbocycles. The topological polar surface area (TPSA) is 69.1 Å². The molecule has 18 heavy (non-hydrogen) atoms. The second kappa shape index (κ2) is 7.14. The standard InChI is InChI=1S/C13H16N4O/c1-17(2)13(18)12-8-5-7-11(10-12)6-3-4-9-15-16-14/h3,5-8,10H,4,9H2,1-2H3. The van der Waals surface area contributed by atoms with Crippen molar-refractivity contribution in [2.75, 3.05) is 20.6 Å². The molecule has 0 aliphatic heterocycles. The molecule has 5 nitrogen and oxygen atoms in total. The Kier molecular flexibility index (Phi) is 5.48. The molecule has 0 atom stereocenters. The molecule has 1 amide bonds. The first-order valence-electron chi connectivity index (χ1n) is 5.64. The van der Waals surface area contributed by atoms with Crippen LogP contribution < -0.4 is 0 Å². The molecule has 0 fully saturated rings. The van der Waals surface area contributed by atoms with Gasteiger partial charge < -0.3 is 4.90 Å². The van der Waals surface area contributed by atoms with E-state index in [0.717, 1.165) is 5.56 Å². The summed E-state index contributed by atoms with van der Waals surface area (Å²) < 4.78 is 0. The molecule has 0 radical (unpaired) electrons. The van der Waals surface area contributed by atoms with Crippen molar-refractivity contribution in [1.29, 1.82) is 0 Å². The van der Waals surface area contributed by atoms with Gasteiger partial charge in [0.05, 0.1) is 0 Å². The number of carbonyl (C=O) groups is 1. The third kappa shape index (κ3) is 4.31. The fourth-order valence-corrected chi connectivity index (χ4v) is 1.43. The third-order valence-corrected chi connectivity index (χ3v) is 2.31. The van der Waals surface area contributed by atoms with E-state index in [9.17, 15) is 4.79 Å². The summed E-state index contributed by atoms with van der Waals surface area (Å²) in [7, 11) is 3.45.